The molecular formula is C28H46N4O4. The highest BCUT2D eigenvalue weighted by Gasteiger charge is 2.32. The van der Waals surface area contributed by atoms with E-state index in [4.69, 9.17) is 15.2 Å². The Morgan fingerprint density at radius 2 is 1.97 bits per heavy atom. The molecule has 0 radical (unpaired) electrons. The van der Waals surface area contributed by atoms with Crippen LogP contribution in [0.15, 0.2) is 11.6 Å². The number of methoxy groups -OCH3 is 1. The van der Waals surface area contributed by atoms with E-state index in [2.05, 4.69) is 21.9 Å². The third-order valence-corrected chi connectivity index (χ3v) is 6.87. The molecule has 0 amide bonds. The van der Waals surface area contributed by atoms with E-state index in [1.165, 1.54) is 6.42 Å². The molecule has 2 aliphatic rings. The van der Waals surface area contributed by atoms with Crippen LogP contribution in [-0.2, 0) is 20.7 Å². The van der Waals surface area contributed by atoms with Gasteiger partial charge in [-0.15, -0.1) is 0 Å². The molecule has 3 rings (SSSR count). The van der Waals surface area contributed by atoms with Crippen LogP contribution in [0, 0.1) is 5.92 Å². The molecule has 2 heterocycles. The predicted molar refractivity (Wildman–Crippen MR) is 143 cm³/mol. The summed E-state index contributed by atoms with van der Waals surface area (Å²) in [5.74, 6) is 0.0545. The number of nitrogens with two attached hydrogens (primary N) is 1. The summed E-state index contributed by atoms with van der Waals surface area (Å²) in [6.07, 6.45) is 7.81. The maximum Gasteiger partial charge on any atom is 0.217 e. The van der Waals surface area contributed by atoms with E-state index in [1.54, 1.807) is 7.11 Å². The van der Waals surface area contributed by atoms with Crippen LogP contribution in [0.3, 0.4) is 0 Å². The maximum atomic E-state index is 13.4. The second kappa shape index (κ2) is 15.7. The fourth-order valence-corrected chi connectivity index (χ4v) is 4.81. The summed E-state index contributed by atoms with van der Waals surface area (Å²) in [7, 11) is 3.78. The lowest BCUT2D eigenvalue weighted by Gasteiger charge is -2.22. The van der Waals surface area contributed by atoms with Crippen molar-refractivity contribution in [2.75, 3.05) is 33.9 Å². The monoisotopic (exact) mass is 502 g/mol. The fraction of sp³-hybridized carbons (Fsp3) is 0.714. The Morgan fingerprint density at radius 1 is 1.19 bits per heavy atom. The van der Waals surface area contributed by atoms with Crippen molar-refractivity contribution < 1.29 is 19.1 Å². The van der Waals surface area contributed by atoms with Crippen molar-refractivity contribution in [3.8, 4) is 5.88 Å². The number of Topliss-reactive ketones (excluding diaryl/α,β-unsaturated/α-hetero) is 2. The van der Waals surface area contributed by atoms with E-state index in [9.17, 15) is 9.59 Å². The standard InChI is InChI=1S/C26H40N4O4.C2H6/c1-4-9-21(25(32)20-12-5-6-13-22(20)31)24(27)26-28-18(10-8-15-33-3)16-23(29-26)34-17-19-11-7-14-30(19)2;1-2/h16,19-20H,4-15,17,27H2,1-3H3;1-2H3/b24-21-;/t19-,20-;/m0./s1. The molecule has 1 saturated carbocycles. The van der Waals surface area contributed by atoms with Gasteiger partial charge in [0.05, 0.1) is 11.6 Å². The van der Waals surface area contributed by atoms with E-state index in [1.807, 2.05) is 26.8 Å². The summed E-state index contributed by atoms with van der Waals surface area (Å²) in [5, 5.41) is 0. The van der Waals surface area contributed by atoms with Crippen molar-refractivity contribution in [1.29, 1.82) is 0 Å². The van der Waals surface area contributed by atoms with Gasteiger partial charge >= 0.3 is 0 Å². The summed E-state index contributed by atoms with van der Waals surface area (Å²) in [6.45, 7) is 8.24. The number of likely N-dealkylation sites (tertiary alicyclic amines) is 1. The van der Waals surface area contributed by atoms with Gasteiger partial charge in [0.1, 0.15) is 12.4 Å². The Kier molecular flexibility index (Phi) is 13.1. The molecule has 0 bridgehead atoms. The van der Waals surface area contributed by atoms with Gasteiger partial charge in [-0.05, 0) is 58.5 Å². The summed E-state index contributed by atoms with van der Waals surface area (Å²) < 4.78 is 11.3. The summed E-state index contributed by atoms with van der Waals surface area (Å²) in [4.78, 5) is 37.4. The molecule has 0 unspecified atom stereocenters. The van der Waals surface area contributed by atoms with Crippen LogP contribution in [0.4, 0.5) is 0 Å². The van der Waals surface area contributed by atoms with Crippen LogP contribution in [0.25, 0.3) is 5.70 Å². The first-order valence-corrected chi connectivity index (χ1v) is 13.7. The molecule has 0 aromatic carbocycles. The minimum atomic E-state index is -0.590. The Morgan fingerprint density at radius 3 is 2.61 bits per heavy atom. The van der Waals surface area contributed by atoms with Gasteiger partial charge in [0, 0.05) is 43.5 Å². The smallest absolute Gasteiger partial charge is 0.217 e. The molecule has 1 aliphatic heterocycles. The number of carbonyl (C=O) groups excluding carboxylic acids is 2. The second-order valence-electron chi connectivity index (χ2n) is 9.48. The highest BCUT2D eigenvalue weighted by Crippen LogP contribution is 2.28. The number of ether oxygens (including phenoxy) is 2. The normalized spacial score (nSPS) is 21.0. The molecule has 2 atom stereocenters. The summed E-state index contributed by atoms with van der Waals surface area (Å²) in [6, 6.07) is 2.21. The van der Waals surface area contributed by atoms with Gasteiger partial charge in [0.25, 0.3) is 0 Å². The Labute approximate surface area is 217 Å². The molecule has 1 aromatic heterocycles. The number of allylic oxidation sites excluding steroid dienone is 1. The molecule has 36 heavy (non-hydrogen) atoms. The third-order valence-electron chi connectivity index (χ3n) is 6.87. The molecule has 8 nitrogen and oxygen atoms in total. The van der Waals surface area contributed by atoms with Crippen molar-refractivity contribution in [3.05, 3.63) is 23.2 Å². The molecule has 2 N–H and O–H groups in total. The first kappa shape index (κ1) is 29.9. The van der Waals surface area contributed by atoms with Gasteiger partial charge in [0.2, 0.25) is 5.88 Å². The summed E-state index contributed by atoms with van der Waals surface area (Å²) >= 11 is 0. The summed E-state index contributed by atoms with van der Waals surface area (Å²) in [5.41, 5.74) is 8.08. The number of nitrogens with zero attached hydrogens (tertiary/aromatic N) is 3. The fourth-order valence-electron chi connectivity index (χ4n) is 4.81. The van der Waals surface area contributed by atoms with E-state index in [0.717, 1.165) is 44.3 Å². The molecule has 8 heteroatoms. The zero-order valence-corrected chi connectivity index (χ0v) is 23.0. The van der Waals surface area contributed by atoms with Crippen LogP contribution in [0.5, 0.6) is 5.88 Å². The van der Waals surface area contributed by atoms with E-state index < -0.39 is 5.92 Å². The average Bonchev–Trinajstić information content (AvgIpc) is 3.31. The van der Waals surface area contributed by atoms with Crippen molar-refractivity contribution in [2.24, 2.45) is 11.7 Å². The highest BCUT2D eigenvalue weighted by molar-refractivity contribution is 6.13. The van der Waals surface area contributed by atoms with Crippen molar-refractivity contribution in [2.45, 2.75) is 91.0 Å². The number of hydrogen-bond acceptors (Lipinski definition) is 8. The zero-order valence-electron chi connectivity index (χ0n) is 23.0. The molecule has 0 spiro atoms. The molecule has 2 fully saturated rings. The van der Waals surface area contributed by atoms with Gasteiger partial charge in [-0.25, -0.2) is 4.98 Å². The number of carbonyl (C=O) groups is 2. The Balaban J connectivity index is 0.00000222. The van der Waals surface area contributed by atoms with Crippen molar-refractivity contribution in [1.82, 2.24) is 14.9 Å². The highest BCUT2D eigenvalue weighted by atomic mass is 16.5. The van der Waals surface area contributed by atoms with Gasteiger partial charge < -0.3 is 20.1 Å². The molecule has 1 saturated heterocycles. The van der Waals surface area contributed by atoms with E-state index in [-0.39, 0.29) is 17.3 Å². The van der Waals surface area contributed by atoms with Crippen LogP contribution >= 0.6 is 0 Å². The number of likely N-dealkylation sites (N-methyl/N-ethyl adjacent to an activating group) is 1. The second-order valence-corrected chi connectivity index (χ2v) is 9.48. The predicted octanol–water partition coefficient (Wildman–Crippen LogP) is 4.35. The van der Waals surface area contributed by atoms with Crippen LogP contribution in [0.1, 0.15) is 90.1 Å². The lowest BCUT2D eigenvalue weighted by Crippen LogP contribution is -2.31. The van der Waals surface area contributed by atoms with Crippen LogP contribution in [-0.4, -0.2) is 66.4 Å². The quantitative estimate of drug-likeness (QED) is 0.255. The topological polar surface area (TPSA) is 108 Å². The minimum Gasteiger partial charge on any atom is -0.476 e. The van der Waals surface area contributed by atoms with Crippen molar-refractivity contribution >= 4 is 17.3 Å². The van der Waals surface area contributed by atoms with E-state index in [0.29, 0.717) is 62.2 Å². The largest absolute Gasteiger partial charge is 0.476 e. The van der Waals surface area contributed by atoms with Gasteiger partial charge in [-0.3, -0.25) is 9.59 Å². The maximum absolute atomic E-state index is 13.4. The number of aromatic nitrogens is 2. The van der Waals surface area contributed by atoms with Crippen molar-refractivity contribution in [3.63, 3.8) is 0 Å². The number of rotatable bonds is 12. The Hall–Kier alpha value is -2.32. The number of aryl methyl sites for hydroxylation is 1. The first-order valence-electron chi connectivity index (χ1n) is 13.7. The third kappa shape index (κ3) is 8.37. The zero-order chi connectivity index (χ0) is 26.5. The van der Waals surface area contributed by atoms with Gasteiger partial charge in [-0.1, -0.05) is 33.6 Å². The first-order chi connectivity index (χ1) is 17.4. The lowest BCUT2D eigenvalue weighted by molar-refractivity contribution is -0.132. The average molecular weight is 503 g/mol. The molecule has 202 valence electrons. The molecule has 1 aliphatic carbocycles. The van der Waals surface area contributed by atoms with Crippen LogP contribution < -0.4 is 10.5 Å². The Bertz CT molecular complexity index is 886. The lowest BCUT2D eigenvalue weighted by atomic mass is 9.81. The molecule has 1 aromatic rings. The molecular weight excluding hydrogens is 456 g/mol. The van der Waals surface area contributed by atoms with Crippen LogP contribution in [0.2, 0.25) is 0 Å². The van der Waals surface area contributed by atoms with Gasteiger partial charge in [0.15, 0.2) is 11.6 Å². The minimum absolute atomic E-state index is 0.0246. The van der Waals surface area contributed by atoms with Gasteiger partial charge in [-0.2, -0.15) is 4.98 Å². The number of hydrogen-bond donors (Lipinski definition) is 1. The van der Waals surface area contributed by atoms with E-state index >= 15 is 0 Å². The number of ketones is 2. The SMILES string of the molecule is CC.CCC/C(C(=O)[C@H]1CCCCC1=O)=C(/N)c1nc(CCCOC)cc(OC[C@@H]2CCCN2C)n1.